The van der Waals surface area contributed by atoms with Crippen molar-refractivity contribution in [2.24, 2.45) is 52.3 Å². The first kappa shape index (κ1) is 19.4. The number of ether oxygens (including phenoxy) is 2. The Kier molecular flexibility index (Phi) is 4.23. The molecule has 6 aliphatic rings. The second kappa shape index (κ2) is 6.35. The summed E-state index contributed by atoms with van der Waals surface area (Å²) < 4.78 is 13.4. The van der Waals surface area contributed by atoms with Crippen molar-refractivity contribution in [3.63, 3.8) is 0 Å². The fourth-order valence-electron chi connectivity index (χ4n) is 9.86. The first-order valence-electron chi connectivity index (χ1n) is 12.8. The van der Waals surface area contributed by atoms with E-state index in [2.05, 4.69) is 39.8 Å². The molecule has 0 unspecified atom stereocenters. The fourth-order valence-corrected chi connectivity index (χ4v) is 9.86. The van der Waals surface area contributed by atoms with E-state index >= 15 is 0 Å². The monoisotopic (exact) mass is 398 g/mol. The third-order valence-corrected chi connectivity index (χ3v) is 11.5. The predicted molar refractivity (Wildman–Crippen MR) is 116 cm³/mol. The van der Waals surface area contributed by atoms with E-state index in [-0.39, 0.29) is 5.79 Å². The molecule has 29 heavy (non-hydrogen) atoms. The first-order valence-corrected chi connectivity index (χ1v) is 12.8. The largest absolute Gasteiger partial charge is 0.349 e. The van der Waals surface area contributed by atoms with E-state index in [4.69, 9.17) is 9.47 Å². The summed E-state index contributed by atoms with van der Waals surface area (Å²) >= 11 is 0. The number of hydrogen-bond donors (Lipinski definition) is 0. The molecule has 0 aromatic carbocycles. The van der Waals surface area contributed by atoms with Crippen LogP contribution in [0.15, 0.2) is 12.2 Å². The van der Waals surface area contributed by atoms with Crippen molar-refractivity contribution in [2.45, 2.75) is 97.4 Å². The van der Waals surface area contributed by atoms with Crippen LogP contribution < -0.4 is 0 Å². The van der Waals surface area contributed by atoms with Crippen LogP contribution in [0.25, 0.3) is 0 Å². The lowest BCUT2D eigenvalue weighted by atomic mass is 9.45. The van der Waals surface area contributed by atoms with Gasteiger partial charge in [-0.15, -0.1) is 0 Å². The topological polar surface area (TPSA) is 18.5 Å². The summed E-state index contributed by atoms with van der Waals surface area (Å²) in [6.07, 6.45) is 17.6. The molecule has 4 aliphatic carbocycles. The second-order valence-electron chi connectivity index (χ2n) is 12.6. The van der Waals surface area contributed by atoms with Crippen molar-refractivity contribution in [1.82, 2.24) is 0 Å². The molecule has 2 nitrogen and oxygen atoms in total. The Balaban J connectivity index is 1.28. The number of allylic oxidation sites excluding steroid dienone is 2. The average molecular weight is 399 g/mol. The van der Waals surface area contributed by atoms with E-state index in [0.29, 0.717) is 34.7 Å². The molecule has 0 aromatic rings. The summed E-state index contributed by atoms with van der Waals surface area (Å²) in [5, 5.41) is 0. The number of rotatable bonds is 0. The van der Waals surface area contributed by atoms with Gasteiger partial charge in [0.15, 0.2) is 5.79 Å². The van der Waals surface area contributed by atoms with Gasteiger partial charge in [0.1, 0.15) is 0 Å². The van der Waals surface area contributed by atoms with Gasteiger partial charge in [0.05, 0.1) is 12.7 Å². The zero-order valence-electron chi connectivity index (χ0n) is 19.2. The maximum Gasteiger partial charge on any atom is 0.171 e. The van der Waals surface area contributed by atoms with Gasteiger partial charge in [0, 0.05) is 12.3 Å². The van der Waals surface area contributed by atoms with Gasteiger partial charge >= 0.3 is 0 Å². The SMILES string of the molecule is C[C@@H]1CC[C@@]2(OC1)O[C@H]1C[C@H]3[C@@H]4CC[C@H]5CC=CC[C@]5(C)[C@H]4CC[C@]3(C)[C@H]1[C@@H]2C. The molecule has 2 heteroatoms. The lowest BCUT2D eigenvalue weighted by molar-refractivity contribution is -0.273. The minimum absolute atomic E-state index is 0.259. The highest BCUT2D eigenvalue weighted by Crippen LogP contribution is 2.71. The molecule has 2 aliphatic heterocycles. The Morgan fingerprint density at radius 1 is 0.897 bits per heavy atom. The highest BCUT2D eigenvalue weighted by Gasteiger charge is 2.68. The van der Waals surface area contributed by atoms with Crippen LogP contribution in [0.4, 0.5) is 0 Å². The fraction of sp³-hybridized carbons (Fsp3) is 0.926. The zero-order valence-corrected chi connectivity index (χ0v) is 19.2. The first-order chi connectivity index (χ1) is 13.9. The quantitative estimate of drug-likeness (QED) is 0.428. The molecule has 2 saturated heterocycles. The van der Waals surface area contributed by atoms with E-state index in [0.717, 1.165) is 36.7 Å². The Labute approximate surface area is 178 Å². The molecule has 5 fully saturated rings. The van der Waals surface area contributed by atoms with E-state index in [1.54, 1.807) is 0 Å². The second-order valence-corrected chi connectivity index (χ2v) is 12.6. The molecular weight excluding hydrogens is 356 g/mol. The summed E-state index contributed by atoms with van der Waals surface area (Å²) in [6.45, 7) is 11.0. The van der Waals surface area contributed by atoms with Crippen molar-refractivity contribution in [1.29, 1.82) is 0 Å². The lowest BCUT2D eigenvalue weighted by Crippen LogP contribution is -2.53. The highest BCUT2D eigenvalue weighted by molar-refractivity contribution is 5.16. The number of fused-ring (bicyclic) bond motifs is 7. The molecule has 2 heterocycles. The average Bonchev–Trinajstić information content (AvgIpc) is 3.15. The summed E-state index contributed by atoms with van der Waals surface area (Å²) in [7, 11) is 0. The van der Waals surface area contributed by atoms with Gasteiger partial charge in [0.25, 0.3) is 0 Å². The predicted octanol–water partition coefficient (Wildman–Crippen LogP) is 6.60. The van der Waals surface area contributed by atoms with E-state index in [1.165, 1.54) is 51.4 Å². The summed E-state index contributed by atoms with van der Waals surface area (Å²) in [6, 6.07) is 0. The standard InChI is InChI=1S/C27H42O2/c1-17-10-14-27(28-16-17)18(2)24-23(29-27)15-22-20-9-8-19-7-5-6-12-25(19,3)21(20)11-13-26(22,24)4/h5-6,17-24H,7-16H2,1-4H3/t17-,18+,19-,20-,21+,22+,23+,24+,25+,26+,27-/m1/s1. The zero-order chi connectivity index (χ0) is 20.0. The van der Waals surface area contributed by atoms with E-state index in [1.807, 2.05) is 0 Å². The maximum absolute atomic E-state index is 6.91. The third-order valence-electron chi connectivity index (χ3n) is 11.5. The van der Waals surface area contributed by atoms with Crippen LogP contribution in [0.5, 0.6) is 0 Å². The molecule has 0 radical (unpaired) electrons. The Bertz CT molecular complexity index is 691. The van der Waals surface area contributed by atoms with Crippen molar-refractivity contribution in [3.05, 3.63) is 12.2 Å². The van der Waals surface area contributed by atoms with Crippen LogP contribution in [0.1, 0.15) is 85.5 Å². The Morgan fingerprint density at radius 3 is 2.55 bits per heavy atom. The van der Waals surface area contributed by atoms with Gasteiger partial charge in [-0.05, 0) is 97.7 Å². The molecule has 0 N–H and O–H groups in total. The molecule has 3 saturated carbocycles. The Morgan fingerprint density at radius 2 is 1.76 bits per heavy atom. The van der Waals surface area contributed by atoms with Crippen LogP contribution in [0, 0.1) is 52.3 Å². The van der Waals surface area contributed by atoms with Gasteiger partial charge in [-0.3, -0.25) is 0 Å². The van der Waals surface area contributed by atoms with Crippen LogP contribution >= 0.6 is 0 Å². The van der Waals surface area contributed by atoms with Gasteiger partial charge in [-0.25, -0.2) is 0 Å². The molecule has 6 rings (SSSR count). The van der Waals surface area contributed by atoms with Crippen LogP contribution in [-0.4, -0.2) is 18.5 Å². The van der Waals surface area contributed by atoms with Crippen molar-refractivity contribution in [3.8, 4) is 0 Å². The van der Waals surface area contributed by atoms with Crippen LogP contribution in [-0.2, 0) is 9.47 Å². The lowest BCUT2D eigenvalue weighted by Gasteiger charge is -2.60. The molecule has 0 bridgehead atoms. The molecule has 0 amide bonds. The van der Waals surface area contributed by atoms with Crippen molar-refractivity contribution < 1.29 is 9.47 Å². The third kappa shape index (κ3) is 2.48. The highest BCUT2D eigenvalue weighted by atomic mass is 16.7. The summed E-state index contributed by atoms with van der Waals surface area (Å²) in [4.78, 5) is 0. The molecule has 0 aromatic heterocycles. The van der Waals surface area contributed by atoms with Gasteiger partial charge in [-0.1, -0.05) is 39.8 Å². The molecule has 11 atom stereocenters. The van der Waals surface area contributed by atoms with E-state index in [9.17, 15) is 0 Å². The van der Waals surface area contributed by atoms with Crippen molar-refractivity contribution in [2.75, 3.05) is 6.61 Å². The van der Waals surface area contributed by atoms with Crippen molar-refractivity contribution >= 4 is 0 Å². The minimum Gasteiger partial charge on any atom is -0.349 e. The summed E-state index contributed by atoms with van der Waals surface area (Å²) in [5.41, 5.74) is 1.03. The van der Waals surface area contributed by atoms with Gasteiger partial charge in [0.2, 0.25) is 0 Å². The minimum atomic E-state index is -0.259. The van der Waals surface area contributed by atoms with Gasteiger partial charge < -0.3 is 9.47 Å². The maximum atomic E-state index is 6.91. The normalized spacial score (nSPS) is 61.1. The van der Waals surface area contributed by atoms with Crippen LogP contribution in [0.3, 0.4) is 0 Å². The smallest absolute Gasteiger partial charge is 0.171 e. The van der Waals surface area contributed by atoms with Crippen LogP contribution in [0.2, 0.25) is 0 Å². The van der Waals surface area contributed by atoms with Gasteiger partial charge in [-0.2, -0.15) is 0 Å². The summed E-state index contributed by atoms with van der Waals surface area (Å²) in [5.74, 6) is 5.39. The molecule has 1 spiro atoms. The molecular formula is C27H42O2. The number of hydrogen-bond acceptors (Lipinski definition) is 2. The molecule has 162 valence electrons. The van der Waals surface area contributed by atoms with E-state index < -0.39 is 0 Å². The Hall–Kier alpha value is -0.340.